The van der Waals surface area contributed by atoms with Crippen LogP contribution in [0.2, 0.25) is 0 Å². The van der Waals surface area contributed by atoms with Crippen LogP contribution >= 0.6 is 0 Å². The monoisotopic (exact) mass is 1130 g/mol. The molecule has 6 aliphatic heterocycles. The van der Waals surface area contributed by atoms with E-state index in [1.807, 2.05) is 22.8 Å². The number of rotatable bonds is 15. The number of aromatic nitrogens is 5. The Morgan fingerprint density at radius 2 is 1.70 bits per heavy atom. The summed E-state index contributed by atoms with van der Waals surface area (Å²) in [5.41, 5.74) is 1.79. The normalized spacial score (nSPS) is 24.2. The van der Waals surface area contributed by atoms with Gasteiger partial charge < -0.3 is 38.8 Å². The zero-order valence-corrected chi connectivity index (χ0v) is 47.4. The molecule has 82 heavy (non-hydrogen) atoms. The Morgan fingerprint density at radius 3 is 2.46 bits per heavy atom. The van der Waals surface area contributed by atoms with Gasteiger partial charge in [-0.2, -0.15) is 9.97 Å². The highest BCUT2D eigenvalue weighted by atomic mass is 19.1. The number of ether oxygens (including phenoxy) is 4. The number of hydrogen-bond donors (Lipinski definition) is 2. The van der Waals surface area contributed by atoms with Crippen LogP contribution in [-0.4, -0.2) is 158 Å². The largest absolute Gasteiger partial charge is 0.468 e. The fourth-order valence-corrected chi connectivity index (χ4v) is 14.4. The van der Waals surface area contributed by atoms with Crippen molar-refractivity contribution in [2.45, 2.75) is 126 Å². The maximum atomic E-state index is 17.5. The molecule has 1 unspecified atom stereocenters. The molecular weight excluding hydrogens is 1050 g/mol. The third kappa shape index (κ3) is 10.7. The molecule has 3 aromatic carbocycles. The Labute approximate surface area is 474 Å². The van der Waals surface area contributed by atoms with Gasteiger partial charge in [-0.25, -0.2) is 18.4 Å². The van der Waals surface area contributed by atoms with E-state index in [9.17, 15) is 24.3 Å². The van der Waals surface area contributed by atoms with E-state index in [2.05, 4.69) is 27.2 Å². The number of pyridine rings is 1. The molecule has 12 rings (SSSR count). The first-order valence-corrected chi connectivity index (χ1v) is 29.4. The number of likely N-dealkylation sites (tertiary alicyclic amines) is 2. The molecule has 4 atom stereocenters. The lowest BCUT2D eigenvalue weighted by Gasteiger charge is -2.38. The van der Waals surface area contributed by atoms with Gasteiger partial charge in [0, 0.05) is 71.1 Å². The standard InChI is InChI=1S/C61H74F2N10O9/c1-5-43-46(62)10-8-40-28-42(82-36-79-4)30-44(51(40)43)53-52(63)54-45(31-64-53)55(71-22-6-19-60(2,78)34-71)67-57(66-54)81-35-61-20-7-23-72(61)41(14-21-61)33-80-59(77)70-26-15-37(16-27-70)32-69-24-17-38(18-25-69)39-9-11-47-49(29-39)68(3)58(76)73(47)48-12-13-50(74)65-56(48)75/h8-11,28-31,37-38,41,48,78H,5-7,12-27,32-36H2,1-4H3,(H,65,74,75)/t41-,48?,60+,61-/m0/s1. The van der Waals surface area contributed by atoms with Crippen LogP contribution in [0.25, 0.3) is 44.0 Å². The van der Waals surface area contributed by atoms with Gasteiger partial charge in [0.1, 0.15) is 47.9 Å². The molecule has 0 bridgehead atoms. The number of anilines is 1. The lowest BCUT2D eigenvalue weighted by Crippen LogP contribution is -2.49. The maximum absolute atomic E-state index is 17.5. The van der Waals surface area contributed by atoms with Crippen molar-refractivity contribution >= 4 is 56.4 Å². The highest BCUT2D eigenvalue weighted by Gasteiger charge is 2.50. The predicted octanol–water partition coefficient (Wildman–Crippen LogP) is 7.75. The highest BCUT2D eigenvalue weighted by molar-refractivity contribution is 6.02. The number of fused-ring (bicyclic) bond motifs is 4. The van der Waals surface area contributed by atoms with Gasteiger partial charge >= 0.3 is 17.8 Å². The lowest BCUT2D eigenvalue weighted by atomic mass is 9.88. The Balaban J connectivity index is 0.674. The Hall–Kier alpha value is -6.81. The third-order valence-electron chi connectivity index (χ3n) is 18.7. The van der Waals surface area contributed by atoms with Crippen LogP contribution < -0.4 is 25.4 Å². The number of benzene rings is 3. The van der Waals surface area contributed by atoms with Crippen LogP contribution in [0.5, 0.6) is 11.8 Å². The van der Waals surface area contributed by atoms with Gasteiger partial charge in [-0.3, -0.25) is 33.9 Å². The fourth-order valence-electron chi connectivity index (χ4n) is 14.4. The minimum Gasteiger partial charge on any atom is -0.468 e. The van der Waals surface area contributed by atoms with Crippen LogP contribution in [0.3, 0.4) is 0 Å². The summed E-state index contributed by atoms with van der Waals surface area (Å²) in [5.74, 6) is -0.228. The Kier molecular flexibility index (Phi) is 15.5. The van der Waals surface area contributed by atoms with Crippen molar-refractivity contribution in [2.24, 2.45) is 13.0 Å². The second-order valence-electron chi connectivity index (χ2n) is 24.0. The number of nitrogens with one attached hydrogen (secondary N) is 1. The highest BCUT2D eigenvalue weighted by Crippen LogP contribution is 2.44. The van der Waals surface area contributed by atoms with E-state index in [-0.39, 0.29) is 79.5 Å². The molecule has 6 aliphatic rings. The fraction of sp³-hybridized carbons (Fsp3) is 0.557. The minimum atomic E-state index is -1.00. The molecule has 0 radical (unpaired) electrons. The third-order valence-corrected chi connectivity index (χ3v) is 18.7. The van der Waals surface area contributed by atoms with Crippen molar-refractivity contribution in [1.82, 2.24) is 44.1 Å². The van der Waals surface area contributed by atoms with Crippen LogP contribution in [0.4, 0.5) is 19.4 Å². The zero-order valence-electron chi connectivity index (χ0n) is 47.4. The van der Waals surface area contributed by atoms with E-state index >= 15 is 8.78 Å². The predicted molar refractivity (Wildman–Crippen MR) is 304 cm³/mol. The number of halogens is 2. The van der Waals surface area contributed by atoms with Gasteiger partial charge in [-0.05, 0) is 168 Å². The first-order chi connectivity index (χ1) is 39.6. The molecule has 2 N–H and O–H groups in total. The summed E-state index contributed by atoms with van der Waals surface area (Å²) in [6.45, 7) is 9.98. The summed E-state index contributed by atoms with van der Waals surface area (Å²) in [6.07, 6.45) is 10.7. The van der Waals surface area contributed by atoms with Crippen LogP contribution in [0.1, 0.15) is 114 Å². The number of piperidine rings is 4. The summed E-state index contributed by atoms with van der Waals surface area (Å²) >= 11 is 0. The molecule has 19 nitrogen and oxygen atoms in total. The molecular formula is C61H74F2N10O9. The van der Waals surface area contributed by atoms with Crippen LogP contribution in [-0.2, 0) is 32.5 Å². The van der Waals surface area contributed by atoms with Gasteiger partial charge in [0.05, 0.1) is 27.6 Å². The first-order valence-electron chi connectivity index (χ1n) is 29.4. The summed E-state index contributed by atoms with van der Waals surface area (Å²) in [4.78, 5) is 74.6. The van der Waals surface area contributed by atoms with Gasteiger partial charge in [0.25, 0.3) is 0 Å². The van der Waals surface area contributed by atoms with Crippen molar-refractivity contribution in [3.05, 3.63) is 81.9 Å². The van der Waals surface area contributed by atoms with Crippen molar-refractivity contribution in [3.63, 3.8) is 0 Å². The SMILES string of the molecule is CCc1c(F)ccc2cc(OCOC)cc(-c3ncc4c(N5CCC[C@@](C)(O)C5)nc(OC[C@@]56CCCN5[C@H](COC(=O)N5CCC(CN7CCC(c8ccc9c(c8)n(C)c(=O)n9C8CCC(=O)NC8=O)CC7)CC5)CC6)nc4c3F)c12. The number of β-amino-alcohol motifs (C(OH)–C–C–N with tert-alkyl or cyclic N) is 1. The second-order valence-corrected chi connectivity index (χ2v) is 24.0. The molecule has 436 valence electrons. The molecule has 21 heteroatoms. The van der Waals surface area contributed by atoms with Gasteiger partial charge in [-0.1, -0.05) is 19.1 Å². The van der Waals surface area contributed by atoms with Crippen LogP contribution in [0, 0.1) is 17.6 Å². The Morgan fingerprint density at radius 1 is 0.890 bits per heavy atom. The summed E-state index contributed by atoms with van der Waals surface area (Å²) in [7, 11) is 3.24. The number of aryl methyl sites for hydroxylation is 2. The summed E-state index contributed by atoms with van der Waals surface area (Å²) in [5, 5.41) is 15.2. The number of methoxy groups -OCH3 is 1. The first kappa shape index (κ1) is 55.7. The molecule has 0 aliphatic carbocycles. The van der Waals surface area contributed by atoms with Crippen molar-refractivity contribution in [1.29, 1.82) is 0 Å². The van der Waals surface area contributed by atoms with E-state index in [1.165, 1.54) is 23.3 Å². The van der Waals surface area contributed by atoms with Crippen molar-refractivity contribution < 1.29 is 47.2 Å². The molecule has 6 saturated heterocycles. The summed E-state index contributed by atoms with van der Waals surface area (Å²) < 4.78 is 59.8. The number of imidazole rings is 1. The molecule has 3 amide bonds. The topological polar surface area (TPSA) is 199 Å². The number of nitrogens with zero attached hydrogens (tertiary/aromatic N) is 9. The number of aliphatic hydroxyl groups is 1. The quantitative estimate of drug-likeness (QED) is 0.0747. The molecule has 9 heterocycles. The number of imide groups is 1. The average molecular weight is 1130 g/mol. The maximum Gasteiger partial charge on any atom is 0.409 e. The number of carbonyl (C=O) groups excluding carboxylic acids is 3. The van der Waals surface area contributed by atoms with Crippen molar-refractivity contribution in [3.8, 4) is 23.0 Å². The van der Waals surface area contributed by atoms with E-state index in [4.69, 9.17) is 33.9 Å². The number of amides is 3. The molecule has 0 spiro atoms. The second kappa shape index (κ2) is 22.7. The van der Waals surface area contributed by atoms with Gasteiger partial charge in [0.15, 0.2) is 12.6 Å². The molecule has 0 saturated carbocycles. The van der Waals surface area contributed by atoms with Gasteiger partial charge in [0.2, 0.25) is 11.8 Å². The van der Waals surface area contributed by atoms with Crippen molar-refractivity contribution in [2.75, 3.05) is 84.4 Å². The van der Waals surface area contributed by atoms with E-state index in [0.29, 0.717) is 102 Å². The smallest absolute Gasteiger partial charge is 0.409 e. The molecule has 6 aromatic rings. The lowest BCUT2D eigenvalue weighted by molar-refractivity contribution is -0.135. The van der Waals surface area contributed by atoms with Gasteiger partial charge in [-0.15, -0.1) is 0 Å². The van der Waals surface area contributed by atoms with Crippen LogP contribution in [0.15, 0.2) is 53.5 Å². The molecule has 6 fully saturated rings. The average Bonchev–Trinajstić information content (AvgIpc) is 3.16. The van der Waals surface area contributed by atoms with E-state index in [0.717, 1.165) is 83.1 Å². The number of carbonyl (C=O) groups is 3. The van der Waals surface area contributed by atoms with E-state index in [1.54, 1.807) is 42.9 Å². The van der Waals surface area contributed by atoms with E-state index < -0.39 is 29.2 Å². The Bertz CT molecular complexity index is 3500. The minimum absolute atomic E-state index is 0.000650. The zero-order chi connectivity index (χ0) is 57.0. The molecule has 3 aromatic heterocycles. The number of hydrogen-bond acceptors (Lipinski definition) is 15. The summed E-state index contributed by atoms with van der Waals surface area (Å²) in [6, 6.07) is 11.9.